The number of primary amides is 1. The monoisotopic (exact) mass is 432 g/mol. The van der Waals surface area contributed by atoms with Crippen molar-refractivity contribution >= 4 is 23.4 Å². The summed E-state index contributed by atoms with van der Waals surface area (Å²) in [4.78, 5) is 25.5. The Kier molecular flexibility index (Phi) is 6.20. The molecule has 0 aromatic heterocycles. The van der Waals surface area contributed by atoms with Crippen molar-refractivity contribution in [3.8, 4) is 0 Å². The summed E-state index contributed by atoms with van der Waals surface area (Å²) in [5, 5.41) is 11.0. The van der Waals surface area contributed by atoms with Crippen molar-refractivity contribution in [3.63, 3.8) is 0 Å². The Morgan fingerprint density at radius 3 is 2.28 bits per heavy atom. The lowest BCUT2D eigenvalue weighted by Gasteiger charge is -2.28. The quantitative estimate of drug-likeness (QED) is 0.466. The van der Waals surface area contributed by atoms with Gasteiger partial charge in [0.1, 0.15) is 0 Å². The molecule has 3 unspecified atom stereocenters. The number of aliphatic hydroxyl groups is 1. The van der Waals surface area contributed by atoms with Crippen molar-refractivity contribution in [1.29, 1.82) is 0 Å². The smallest absolute Gasteiger partial charge is 0.323 e. The van der Waals surface area contributed by atoms with Gasteiger partial charge in [0, 0.05) is 18.9 Å². The highest BCUT2D eigenvalue weighted by Gasteiger charge is 2.33. The van der Waals surface area contributed by atoms with Crippen LogP contribution in [-0.2, 0) is 20.7 Å². The third kappa shape index (κ3) is 4.34. The zero-order chi connectivity index (χ0) is 22.7. The molecule has 4 rings (SSSR count). The number of anilines is 2. The van der Waals surface area contributed by atoms with Gasteiger partial charge in [-0.1, -0.05) is 66.7 Å². The number of benzene rings is 3. The number of nitrogens with two attached hydrogens (primary N) is 1. The predicted molar refractivity (Wildman–Crippen MR) is 119 cm³/mol. The number of hydrogen-bond acceptors (Lipinski definition) is 5. The predicted octanol–water partition coefficient (Wildman–Crippen LogP) is 4.14. The number of carbonyl (C=O) groups excluding carboxylic acids is 2. The van der Waals surface area contributed by atoms with Gasteiger partial charge >= 0.3 is 12.0 Å². The first-order chi connectivity index (χ1) is 15.5. The van der Waals surface area contributed by atoms with Crippen molar-refractivity contribution in [2.75, 3.05) is 4.90 Å². The zero-order valence-electron chi connectivity index (χ0n) is 17.5. The maximum Gasteiger partial charge on any atom is 0.323 e. The van der Waals surface area contributed by atoms with Gasteiger partial charge in [0.25, 0.3) is 0 Å². The molecule has 0 radical (unpaired) electrons. The summed E-state index contributed by atoms with van der Waals surface area (Å²) in [5.41, 5.74) is 9.10. The Balaban J connectivity index is 1.73. The topological polar surface area (TPSA) is 102 Å². The first-order valence-electron chi connectivity index (χ1n) is 10.3. The van der Waals surface area contributed by atoms with Gasteiger partial charge in [-0.05, 0) is 23.3 Å². The molecule has 1 aliphatic heterocycles. The van der Waals surface area contributed by atoms with E-state index >= 15 is 0 Å². The van der Waals surface area contributed by atoms with Gasteiger partial charge in [-0.3, -0.25) is 9.69 Å². The molecule has 0 saturated heterocycles. The van der Waals surface area contributed by atoms with Gasteiger partial charge in [-0.25, -0.2) is 4.79 Å². The summed E-state index contributed by atoms with van der Waals surface area (Å²) in [5.74, 6) is -0.534. The minimum atomic E-state index is -1.44. The van der Waals surface area contributed by atoms with E-state index in [9.17, 15) is 14.7 Å². The van der Waals surface area contributed by atoms with Gasteiger partial charge in [-0.2, -0.15) is 0 Å². The first-order valence-corrected chi connectivity index (χ1v) is 10.3. The number of esters is 1. The Morgan fingerprint density at radius 1 is 0.969 bits per heavy atom. The molecule has 3 aromatic rings. The van der Waals surface area contributed by atoms with Crippen LogP contribution in [0.25, 0.3) is 0 Å². The molecule has 0 fully saturated rings. The van der Waals surface area contributed by atoms with E-state index in [0.717, 1.165) is 5.56 Å². The molecule has 0 aliphatic carbocycles. The second-order valence-electron chi connectivity index (χ2n) is 7.52. The summed E-state index contributed by atoms with van der Waals surface area (Å²) >= 11 is 0. The Bertz CT molecular complexity index is 1120. The molecule has 3 N–H and O–H groups in total. The van der Waals surface area contributed by atoms with E-state index in [0.29, 0.717) is 28.9 Å². The molecular formula is C25H24N2O5. The number of carbonyl (C=O) groups is 2. The molecule has 1 aliphatic rings. The summed E-state index contributed by atoms with van der Waals surface area (Å²) in [6.07, 6.45) is -2.68. The van der Waals surface area contributed by atoms with Crippen LogP contribution in [0.1, 0.15) is 35.8 Å². The maximum absolute atomic E-state index is 12.4. The summed E-state index contributed by atoms with van der Waals surface area (Å²) in [7, 11) is 0. The number of nitrogens with zero attached hydrogens (tertiary/aromatic N) is 1. The van der Waals surface area contributed by atoms with Crippen molar-refractivity contribution in [3.05, 3.63) is 95.6 Å². The van der Waals surface area contributed by atoms with Crippen LogP contribution in [0.2, 0.25) is 0 Å². The minimum absolute atomic E-state index is 0.385. The lowest BCUT2D eigenvalue weighted by Crippen LogP contribution is -2.32. The van der Waals surface area contributed by atoms with Crippen LogP contribution in [0.15, 0.2) is 78.9 Å². The number of hydrogen-bond donors (Lipinski definition) is 2. The van der Waals surface area contributed by atoms with E-state index in [-0.39, 0.29) is 0 Å². The molecule has 164 valence electrons. The van der Waals surface area contributed by atoms with Crippen LogP contribution in [0.5, 0.6) is 0 Å². The number of aliphatic hydroxyl groups excluding tert-OH is 1. The molecule has 2 amide bonds. The fourth-order valence-electron chi connectivity index (χ4n) is 4.02. The van der Waals surface area contributed by atoms with Gasteiger partial charge in [-0.15, -0.1) is 0 Å². The van der Waals surface area contributed by atoms with E-state index in [1.165, 1.54) is 11.8 Å². The summed E-state index contributed by atoms with van der Waals surface area (Å²) in [6, 6.07) is 23.0. The molecular weight excluding hydrogens is 408 g/mol. The molecule has 3 aromatic carbocycles. The highest BCUT2D eigenvalue weighted by molar-refractivity contribution is 6.00. The number of fused-ring (bicyclic) bond motifs is 2. The highest BCUT2D eigenvalue weighted by atomic mass is 16.6. The number of amides is 2. The first kappa shape index (κ1) is 21.5. The largest absolute Gasteiger partial charge is 0.452 e. The summed E-state index contributed by atoms with van der Waals surface area (Å²) < 4.78 is 11.5. The molecule has 0 spiro atoms. The lowest BCUT2D eigenvalue weighted by atomic mass is 10.0. The fourth-order valence-corrected chi connectivity index (χ4v) is 4.02. The van der Waals surface area contributed by atoms with Crippen molar-refractivity contribution in [2.45, 2.75) is 31.8 Å². The SMILES string of the molecule is CC(=O)OC(c1ccccc1)C(O)OC1Cc2ccccc2N(C(N)=O)c2ccccc21. The third-order valence-corrected chi connectivity index (χ3v) is 5.37. The van der Waals surface area contributed by atoms with Gasteiger partial charge in [0.15, 0.2) is 12.4 Å². The van der Waals surface area contributed by atoms with Crippen LogP contribution >= 0.6 is 0 Å². The van der Waals surface area contributed by atoms with Crippen LogP contribution < -0.4 is 10.6 Å². The van der Waals surface area contributed by atoms with Gasteiger partial charge in [0.2, 0.25) is 0 Å². The third-order valence-electron chi connectivity index (χ3n) is 5.37. The average molecular weight is 432 g/mol. The lowest BCUT2D eigenvalue weighted by molar-refractivity contribution is -0.207. The molecule has 32 heavy (non-hydrogen) atoms. The number of ether oxygens (including phenoxy) is 2. The number of urea groups is 1. The Morgan fingerprint density at radius 2 is 1.59 bits per heavy atom. The van der Waals surface area contributed by atoms with Crippen molar-refractivity contribution in [1.82, 2.24) is 0 Å². The fraction of sp³-hybridized carbons (Fsp3) is 0.200. The van der Waals surface area contributed by atoms with Crippen LogP contribution in [0.3, 0.4) is 0 Å². The van der Waals surface area contributed by atoms with E-state index in [2.05, 4.69) is 0 Å². The van der Waals surface area contributed by atoms with E-state index in [1.807, 2.05) is 48.5 Å². The molecule has 0 bridgehead atoms. The van der Waals surface area contributed by atoms with E-state index < -0.39 is 30.5 Å². The van der Waals surface area contributed by atoms with Crippen LogP contribution in [0, 0.1) is 0 Å². The maximum atomic E-state index is 12.4. The second kappa shape index (κ2) is 9.21. The van der Waals surface area contributed by atoms with E-state index in [4.69, 9.17) is 15.2 Å². The summed E-state index contributed by atoms with van der Waals surface area (Å²) in [6.45, 7) is 1.28. The molecule has 1 heterocycles. The second-order valence-corrected chi connectivity index (χ2v) is 7.52. The average Bonchev–Trinajstić information content (AvgIpc) is 2.92. The molecule has 7 nitrogen and oxygen atoms in total. The molecule has 0 saturated carbocycles. The molecule has 3 atom stereocenters. The van der Waals surface area contributed by atoms with Crippen LogP contribution in [0.4, 0.5) is 16.2 Å². The van der Waals surface area contributed by atoms with Gasteiger partial charge < -0.3 is 20.3 Å². The van der Waals surface area contributed by atoms with E-state index in [1.54, 1.807) is 30.3 Å². The van der Waals surface area contributed by atoms with Crippen molar-refractivity contribution < 1.29 is 24.2 Å². The number of para-hydroxylation sites is 2. The zero-order valence-corrected chi connectivity index (χ0v) is 17.5. The molecule has 7 heteroatoms. The normalized spacial score (nSPS) is 16.8. The standard InChI is InChI=1S/C25H24N2O5/c1-16(28)31-23(17-9-3-2-4-10-17)24(29)32-22-15-18-11-5-7-13-20(18)27(25(26)30)21-14-8-6-12-19(21)22/h2-14,22-24,29H,15H2,1H3,(H2,26,30). The minimum Gasteiger partial charge on any atom is -0.452 e. The van der Waals surface area contributed by atoms with Crippen molar-refractivity contribution in [2.24, 2.45) is 5.73 Å². The highest BCUT2D eigenvalue weighted by Crippen LogP contribution is 2.42. The Labute approximate surface area is 186 Å². The Hall–Kier alpha value is -3.68. The number of rotatable bonds is 5. The van der Waals surface area contributed by atoms with Crippen LogP contribution in [-0.4, -0.2) is 23.4 Å². The van der Waals surface area contributed by atoms with Gasteiger partial charge in [0.05, 0.1) is 17.5 Å².